The van der Waals surface area contributed by atoms with Crippen molar-refractivity contribution in [2.24, 2.45) is 5.73 Å². The lowest BCUT2D eigenvalue weighted by Crippen LogP contribution is -2.50. The summed E-state index contributed by atoms with van der Waals surface area (Å²) < 4.78 is 59.2. The summed E-state index contributed by atoms with van der Waals surface area (Å²) in [6.45, 7) is 5.41. The smallest absolute Gasteiger partial charge is 0.319 e. The second-order valence-electron chi connectivity index (χ2n) is 11.2. The number of sulfonamides is 1. The van der Waals surface area contributed by atoms with Crippen molar-refractivity contribution >= 4 is 33.3 Å². The van der Waals surface area contributed by atoms with E-state index in [0.717, 1.165) is 42.8 Å². The zero-order valence-electron chi connectivity index (χ0n) is 25.4. The molecule has 3 amide bonds. The number of aryl methyl sites for hydroxylation is 1. The maximum absolute atomic E-state index is 14.2. The summed E-state index contributed by atoms with van der Waals surface area (Å²) in [5, 5.41) is 5.26. The number of nitrogens with one attached hydrogen (secondary N) is 3. The average molecular weight is 645 g/mol. The minimum absolute atomic E-state index is 0.170. The molecule has 2 aromatic carbocycles. The Kier molecular flexibility index (Phi) is 10.9. The molecule has 1 fully saturated rings. The molecule has 2 heterocycles. The number of benzene rings is 2. The van der Waals surface area contributed by atoms with Crippen LogP contribution in [-0.2, 0) is 16.6 Å². The molecule has 4 rings (SSSR count). The van der Waals surface area contributed by atoms with Gasteiger partial charge in [-0.1, -0.05) is 25.8 Å². The maximum atomic E-state index is 14.2. The van der Waals surface area contributed by atoms with Crippen molar-refractivity contribution in [1.82, 2.24) is 15.2 Å². The number of carbonyl (C=O) groups is 2. The average Bonchev–Trinajstić information content (AvgIpc) is 2.96. The highest BCUT2D eigenvalue weighted by Crippen LogP contribution is 2.27. The summed E-state index contributed by atoms with van der Waals surface area (Å²) in [4.78, 5) is 31.1. The Morgan fingerprint density at radius 2 is 1.84 bits per heavy atom. The molecule has 1 aliphatic rings. The predicted octanol–water partition coefficient (Wildman–Crippen LogP) is 5.28. The van der Waals surface area contributed by atoms with Crippen molar-refractivity contribution in [3.05, 3.63) is 77.0 Å². The fraction of sp³-hybridized carbons (Fsp3) is 0.387. The van der Waals surface area contributed by atoms with Crippen LogP contribution in [0.15, 0.2) is 48.5 Å². The Morgan fingerprint density at radius 3 is 2.49 bits per heavy atom. The fourth-order valence-corrected chi connectivity index (χ4v) is 5.86. The first-order valence-electron chi connectivity index (χ1n) is 14.6. The van der Waals surface area contributed by atoms with Gasteiger partial charge in [0.25, 0.3) is 5.91 Å². The van der Waals surface area contributed by atoms with Gasteiger partial charge in [0.05, 0.1) is 17.5 Å². The molecule has 2 atom stereocenters. The van der Waals surface area contributed by atoms with Gasteiger partial charge < -0.3 is 21.1 Å². The number of nitrogens with zero attached hydrogens (tertiary/aromatic N) is 2. The van der Waals surface area contributed by atoms with E-state index in [-0.39, 0.29) is 17.8 Å². The van der Waals surface area contributed by atoms with Crippen LogP contribution in [0.5, 0.6) is 11.6 Å². The van der Waals surface area contributed by atoms with Gasteiger partial charge >= 0.3 is 6.03 Å². The van der Waals surface area contributed by atoms with Crippen LogP contribution < -0.4 is 25.8 Å². The van der Waals surface area contributed by atoms with E-state index < -0.39 is 39.2 Å². The monoisotopic (exact) mass is 644 g/mol. The van der Waals surface area contributed by atoms with Gasteiger partial charge in [-0.25, -0.2) is 27.0 Å². The third-order valence-corrected chi connectivity index (χ3v) is 8.16. The molecule has 242 valence electrons. The number of carbonyl (C=O) groups excluding carboxylic acids is 2. The van der Waals surface area contributed by atoms with Gasteiger partial charge in [-0.15, -0.1) is 0 Å². The number of unbranched alkanes of at least 4 members (excludes halogenated alkanes) is 1. The number of piperidine rings is 1. The number of nitrogens with two attached hydrogens (primary N) is 1. The van der Waals surface area contributed by atoms with Gasteiger partial charge in [0, 0.05) is 48.7 Å². The van der Waals surface area contributed by atoms with Crippen LogP contribution in [-0.4, -0.2) is 55.1 Å². The Hall–Kier alpha value is -4.30. The molecule has 0 spiro atoms. The fourth-order valence-electron chi connectivity index (χ4n) is 5.29. The normalized spacial score (nSPS) is 17.0. The number of hydrogen-bond donors (Lipinski definition) is 4. The molecule has 1 aromatic heterocycles. The largest absolute Gasteiger partial charge is 0.439 e. The van der Waals surface area contributed by atoms with E-state index in [1.165, 1.54) is 0 Å². The SMILES string of the molecule is CCCCC1CC(NC(=O)Nc2cc(C(N)=O)c(F)cc2F)CCN1Cc1ccc(Oc2ccc(NS(C)(=O)=O)cc2)nc1C. The first-order valence-corrected chi connectivity index (χ1v) is 16.5. The summed E-state index contributed by atoms with van der Waals surface area (Å²) in [6, 6.07) is 11.1. The van der Waals surface area contributed by atoms with Crippen LogP contribution in [0.25, 0.3) is 0 Å². The number of aromatic nitrogens is 1. The highest BCUT2D eigenvalue weighted by Gasteiger charge is 2.30. The van der Waals surface area contributed by atoms with Gasteiger partial charge in [0.1, 0.15) is 17.4 Å². The molecule has 1 saturated heterocycles. The van der Waals surface area contributed by atoms with Gasteiger partial charge in [-0.2, -0.15) is 0 Å². The molecule has 5 N–H and O–H groups in total. The van der Waals surface area contributed by atoms with Crippen LogP contribution >= 0.6 is 0 Å². The molecule has 45 heavy (non-hydrogen) atoms. The lowest BCUT2D eigenvalue weighted by Gasteiger charge is -2.40. The Balaban J connectivity index is 1.36. The summed E-state index contributed by atoms with van der Waals surface area (Å²) in [7, 11) is -3.37. The van der Waals surface area contributed by atoms with E-state index >= 15 is 0 Å². The number of likely N-dealkylation sites (tertiary alicyclic amines) is 1. The summed E-state index contributed by atoms with van der Waals surface area (Å²) in [5.41, 5.74) is 6.58. The van der Waals surface area contributed by atoms with Gasteiger partial charge in [0.15, 0.2) is 0 Å². The zero-order valence-corrected chi connectivity index (χ0v) is 26.2. The lowest BCUT2D eigenvalue weighted by atomic mass is 9.92. The molecular weight excluding hydrogens is 606 g/mol. The molecule has 0 bridgehead atoms. The highest BCUT2D eigenvalue weighted by atomic mass is 32.2. The van der Waals surface area contributed by atoms with Gasteiger partial charge in [-0.05, 0) is 62.1 Å². The van der Waals surface area contributed by atoms with Crippen molar-refractivity contribution in [2.45, 2.75) is 64.6 Å². The molecule has 0 saturated carbocycles. The number of anilines is 2. The molecule has 1 aliphatic heterocycles. The number of urea groups is 1. The highest BCUT2D eigenvalue weighted by molar-refractivity contribution is 7.92. The predicted molar refractivity (Wildman–Crippen MR) is 168 cm³/mol. The van der Waals surface area contributed by atoms with Crippen molar-refractivity contribution < 1.29 is 31.5 Å². The van der Waals surface area contributed by atoms with Crippen LogP contribution in [0.1, 0.15) is 60.6 Å². The number of halogens is 2. The van der Waals surface area contributed by atoms with E-state index in [4.69, 9.17) is 10.5 Å². The quantitative estimate of drug-likeness (QED) is 0.209. The van der Waals surface area contributed by atoms with E-state index in [1.54, 1.807) is 30.3 Å². The van der Waals surface area contributed by atoms with Crippen molar-refractivity contribution in [3.8, 4) is 11.6 Å². The van der Waals surface area contributed by atoms with E-state index in [9.17, 15) is 26.8 Å². The zero-order chi connectivity index (χ0) is 32.7. The van der Waals surface area contributed by atoms with Gasteiger partial charge in [-0.3, -0.25) is 14.4 Å². The van der Waals surface area contributed by atoms with Crippen LogP contribution in [0, 0.1) is 18.6 Å². The molecule has 11 nitrogen and oxygen atoms in total. The third kappa shape index (κ3) is 9.59. The summed E-state index contributed by atoms with van der Waals surface area (Å²) in [5.74, 6) is -2.24. The molecule has 14 heteroatoms. The second-order valence-corrected chi connectivity index (χ2v) is 12.9. The standard InChI is InChI=1S/C31H38F2N6O5S/c1-4-5-6-23-15-22(36-31(41)37-28-16-25(30(34)40)26(32)17-27(28)33)13-14-39(23)18-20-7-12-29(35-19(20)2)44-24-10-8-21(9-11-24)38-45(3,42)43/h7-12,16-17,22-23,38H,4-6,13-15,18H2,1-3H3,(H2,34,40)(H2,36,37,41). The van der Waals surface area contributed by atoms with Crippen LogP contribution in [0.3, 0.4) is 0 Å². The molecule has 0 radical (unpaired) electrons. The number of pyridine rings is 1. The Bertz CT molecular complexity index is 1640. The van der Waals surface area contributed by atoms with E-state index in [1.807, 2.05) is 13.0 Å². The minimum atomic E-state index is -3.37. The number of primary amides is 1. The first-order chi connectivity index (χ1) is 21.3. The number of ether oxygens (including phenoxy) is 1. The first kappa shape index (κ1) is 33.6. The van der Waals surface area contributed by atoms with Crippen molar-refractivity contribution in [3.63, 3.8) is 0 Å². The summed E-state index contributed by atoms with van der Waals surface area (Å²) in [6.07, 6.45) is 5.39. The van der Waals surface area contributed by atoms with Gasteiger partial charge in [0.2, 0.25) is 15.9 Å². The third-order valence-electron chi connectivity index (χ3n) is 7.56. The minimum Gasteiger partial charge on any atom is -0.439 e. The Morgan fingerprint density at radius 1 is 1.11 bits per heavy atom. The van der Waals surface area contributed by atoms with E-state index in [0.29, 0.717) is 49.3 Å². The van der Waals surface area contributed by atoms with Crippen molar-refractivity contribution in [2.75, 3.05) is 22.8 Å². The number of rotatable bonds is 12. The Labute approximate surface area is 261 Å². The topological polar surface area (TPSA) is 156 Å². The molecule has 3 aromatic rings. The molecule has 0 aliphatic carbocycles. The van der Waals surface area contributed by atoms with E-state index in [2.05, 4.69) is 32.2 Å². The van der Waals surface area contributed by atoms with Crippen LogP contribution in [0.2, 0.25) is 0 Å². The van der Waals surface area contributed by atoms with Crippen molar-refractivity contribution in [1.29, 1.82) is 0 Å². The maximum Gasteiger partial charge on any atom is 0.319 e. The number of hydrogen-bond acceptors (Lipinski definition) is 7. The molecule has 2 unspecified atom stereocenters. The van der Waals surface area contributed by atoms with Crippen LogP contribution in [0.4, 0.5) is 25.0 Å². The molecular formula is C31H38F2N6O5S. The lowest BCUT2D eigenvalue weighted by molar-refractivity contribution is 0.0996. The summed E-state index contributed by atoms with van der Waals surface area (Å²) >= 11 is 0. The number of amides is 3. The second kappa shape index (κ2) is 14.7.